The van der Waals surface area contributed by atoms with Gasteiger partial charge in [-0.25, -0.2) is 12.8 Å². The molecule has 0 saturated carbocycles. The van der Waals surface area contributed by atoms with Gasteiger partial charge in [0.2, 0.25) is 0 Å². The summed E-state index contributed by atoms with van der Waals surface area (Å²) in [5.41, 5.74) is 0.947. The van der Waals surface area contributed by atoms with Gasteiger partial charge in [-0.3, -0.25) is 0 Å². The van der Waals surface area contributed by atoms with Crippen molar-refractivity contribution >= 4 is 15.5 Å². The second-order valence-electron chi connectivity index (χ2n) is 4.95. The van der Waals surface area contributed by atoms with E-state index in [2.05, 4.69) is 5.32 Å². The van der Waals surface area contributed by atoms with Crippen LogP contribution < -0.4 is 10.2 Å². The van der Waals surface area contributed by atoms with E-state index in [0.29, 0.717) is 18.7 Å². The highest BCUT2D eigenvalue weighted by atomic mass is 32.2. The van der Waals surface area contributed by atoms with Crippen LogP contribution in [0.5, 0.6) is 0 Å². The normalized spacial score (nSPS) is 21.5. The Hall–Kier alpha value is -1.14. The maximum Gasteiger partial charge on any atom is 0.151 e. The summed E-state index contributed by atoms with van der Waals surface area (Å²) in [6, 6.07) is 6.41. The molecule has 0 spiro atoms. The first-order valence-electron chi connectivity index (χ1n) is 6.37. The van der Waals surface area contributed by atoms with Gasteiger partial charge in [0, 0.05) is 31.9 Å². The van der Waals surface area contributed by atoms with Gasteiger partial charge in [0.05, 0.1) is 11.5 Å². The van der Waals surface area contributed by atoms with Crippen LogP contribution in [0, 0.1) is 5.82 Å². The van der Waals surface area contributed by atoms with Gasteiger partial charge >= 0.3 is 0 Å². The van der Waals surface area contributed by atoms with Crippen LogP contribution in [0.25, 0.3) is 0 Å². The van der Waals surface area contributed by atoms with Crippen molar-refractivity contribution in [3.05, 3.63) is 30.1 Å². The SMILES string of the molecule is CN(CCNC1CCS(=O)(=O)C1)c1ccc(F)cc1. The molecule has 1 aromatic carbocycles. The second kappa shape index (κ2) is 5.88. The topological polar surface area (TPSA) is 49.4 Å². The van der Waals surface area contributed by atoms with E-state index >= 15 is 0 Å². The Morgan fingerprint density at radius 2 is 2.05 bits per heavy atom. The summed E-state index contributed by atoms with van der Waals surface area (Å²) in [6.07, 6.45) is 0.697. The molecule has 0 bridgehead atoms. The lowest BCUT2D eigenvalue weighted by Crippen LogP contribution is -2.36. The molecule has 1 aromatic rings. The van der Waals surface area contributed by atoms with E-state index < -0.39 is 9.84 Å². The standard InChI is InChI=1S/C13H19FN2O2S/c1-16(13-4-2-11(14)3-5-13)8-7-15-12-6-9-19(17,18)10-12/h2-5,12,15H,6-10H2,1H3. The highest BCUT2D eigenvalue weighted by molar-refractivity contribution is 7.91. The smallest absolute Gasteiger partial charge is 0.151 e. The lowest BCUT2D eigenvalue weighted by atomic mass is 10.2. The first-order chi connectivity index (χ1) is 8.96. The molecule has 1 fully saturated rings. The maximum atomic E-state index is 12.8. The van der Waals surface area contributed by atoms with E-state index in [-0.39, 0.29) is 17.6 Å². The summed E-state index contributed by atoms with van der Waals surface area (Å²) in [7, 11) is -0.890. The van der Waals surface area contributed by atoms with Crippen molar-refractivity contribution in [2.75, 3.05) is 36.5 Å². The van der Waals surface area contributed by atoms with Crippen LogP contribution in [0.3, 0.4) is 0 Å². The monoisotopic (exact) mass is 286 g/mol. The molecule has 1 heterocycles. The van der Waals surface area contributed by atoms with Crippen molar-refractivity contribution in [1.29, 1.82) is 0 Å². The number of sulfone groups is 1. The molecule has 2 rings (SSSR count). The molecule has 4 nitrogen and oxygen atoms in total. The van der Waals surface area contributed by atoms with Crippen LogP contribution in [0.15, 0.2) is 24.3 Å². The third kappa shape index (κ3) is 4.18. The molecule has 1 aliphatic heterocycles. The Balaban J connectivity index is 1.75. The molecule has 1 saturated heterocycles. The highest BCUT2D eigenvalue weighted by Crippen LogP contribution is 2.13. The molecular formula is C13H19FN2O2S. The Morgan fingerprint density at radius 3 is 2.63 bits per heavy atom. The van der Waals surface area contributed by atoms with Crippen molar-refractivity contribution in [3.63, 3.8) is 0 Å². The minimum absolute atomic E-state index is 0.0756. The zero-order valence-electron chi connectivity index (χ0n) is 11.0. The minimum atomic E-state index is -2.82. The van der Waals surface area contributed by atoms with Crippen molar-refractivity contribution < 1.29 is 12.8 Å². The van der Waals surface area contributed by atoms with Crippen molar-refractivity contribution in [2.24, 2.45) is 0 Å². The number of anilines is 1. The van der Waals surface area contributed by atoms with Crippen LogP contribution >= 0.6 is 0 Å². The largest absolute Gasteiger partial charge is 0.373 e. The maximum absolute atomic E-state index is 12.8. The van der Waals surface area contributed by atoms with Gasteiger partial charge in [-0.05, 0) is 30.7 Å². The molecule has 19 heavy (non-hydrogen) atoms. The predicted molar refractivity (Wildman–Crippen MR) is 74.7 cm³/mol. The van der Waals surface area contributed by atoms with Crippen LogP contribution in [-0.4, -0.2) is 46.1 Å². The summed E-state index contributed by atoms with van der Waals surface area (Å²) in [5, 5.41) is 3.25. The van der Waals surface area contributed by atoms with Crippen LogP contribution in [0.4, 0.5) is 10.1 Å². The molecule has 1 N–H and O–H groups in total. The fraction of sp³-hybridized carbons (Fsp3) is 0.538. The van der Waals surface area contributed by atoms with Crippen molar-refractivity contribution in [3.8, 4) is 0 Å². The second-order valence-corrected chi connectivity index (χ2v) is 7.18. The van der Waals surface area contributed by atoms with Gasteiger partial charge < -0.3 is 10.2 Å². The lowest BCUT2D eigenvalue weighted by Gasteiger charge is -2.20. The van der Waals surface area contributed by atoms with E-state index in [9.17, 15) is 12.8 Å². The number of halogens is 1. The molecule has 1 aliphatic rings. The third-order valence-electron chi connectivity index (χ3n) is 3.38. The zero-order chi connectivity index (χ0) is 13.9. The van der Waals surface area contributed by atoms with E-state index in [1.807, 2.05) is 11.9 Å². The Bertz CT molecular complexity index is 516. The molecule has 0 aromatic heterocycles. The molecule has 0 aliphatic carbocycles. The van der Waals surface area contributed by atoms with Gasteiger partial charge in [-0.15, -0.1) is 0 Å². The Morgan fingerprint density at radius 1 is 1.37 bits per heavy atom. The van der Waals surface area contributed by atoms with Crippen LogP contribution in [0.1, 0.15) is 6.42 Å². The summed E-state index contributed by atoms with van der Waals surface area (Å²) in [6.45, 7) is 1.47. The Kier molecular flexibility index (Phi) is 4.42. The Labute approximate surface area is 113 Å². The lowest BCUT2D eigenvalue weighted by molar-refractivity contribution is 0.556. The van der Waals surface area contributed by atoms with Gasteiger partial charge in [0.1, 0.15) is 5.82 Å². The van der Waals surface area contributed by atoms with Gasteiger partial charge in [-0.1, -0.05) is 0 Å². The van der Waals surface area contributed by atoms with Gasteiger partial charge in [0.15, 0.2) is 9.84 Å². The zero-order valence-corrected chi connectivity index (χ0v) is 11.8. The molecule has 1 atom stereocenters. The number of likely N-dealkylation sites (N-methyl/N-ethyl adjacent to an activating group) is 1. The first-order valence-corrected chi connectivity index (χ1v) is 8.19. The minimum Gasteiger partial charge on any atom is -0.373 e. The summed E-state index contributed by atoms with van der Waals surface area (Å²) >= 11 is 0. The summed E-state index contributed by atoms with van der Waals surface area (Å²) in [4.78, 5) is 2.01. The number of hydrogen-bond acceptors (Lipinski definition) is 4. The van der Waals surface area contributed by atoms with Crippen molar-refractivity contribution in [1.82, 2.24) is 5.32 Å². The third-order valence-corrected chi connectivity index (χ3v) is 5.15. The molecule has 0 amide bonds. The fourth-order valence-corrected chi connectivity index (χ4v) is 3.92. The van der Waals surface area contributed by atoms with Crippen LogP contribution in [0.2, 0.25) is 0 Å². The highest BCUT2D eigenvalue weighted by Gasteiger charge is 2.27. The summed E-state index contributed by atoms with van der Waals surface area (Å²) < 4.78 is 35.4. The van der Waals surface area contributed by atoms with Gasteiger partial charge in [-0.2, -0.15) is 0 Å². The molecular weight excluding hydrogens is 267 g/mol. The molecule has 0 radical (unpaired) electrons. The van der Waals surface area contributed by atoms with E-state index in [1.54, 1.807) is 12.1 Å². The average molecular weight is 286 g/mol. The van der Waals surface area contributed by atoms with E-state index in [4.69, 9.17) is 0 Å². The number of rotatable bonds is 5. The quantitative estimate of drug-likeness (QED) is 0.878. The fourth-order valence-electron chi connectivity index (χ4n) is 2.22. The number of nitrogens with one attached hydrogen (secondary N) is 1. The predicted octanol–water partition coefficient (Wildman–Crippen LogP) is 1.04. The number of hydrogen-bond donors (Lipinski definition) is 1. The number of benzene rings is 1. The van der Waals surface area contributed by atoms with Crippen LogP contribution in [-0.2, 0) is 9.84 Å². The molecule has 6 heteroatoms. The van der Waals surface area contributed by atoms with E-state index in [1.165, 1.54) is 12.1 Å². The summed E-state index contributed by atoms with van der Waals surface area (Å²) in [5.74, 6) is 0.289. The molecule has 1 unspecified atom stereocenters. The first kappa shape index (κ1) is 14.3. The van der Waals surface area contributed by atoms with E-state index in [0.717, 1.165) is 12.2 Å². The van der Waals surface area contributed by atoms with Gasteiger partial charge in [0.25, 0.3) is 0 Å². The number of nitrogens with zero attached hydrogens (tertiary/aromatic N) is 1. The molecule has 106 valence electrons. The van der Waals surface area contributed by atoms with Crippen molar-refractivity contribution in [2.45, 2.75) is 12.5 Å². The average Bonchev–Trinajstić information content (AvgIpc) is 2.69.